The smallest absolute Gasteiger partial charge is 0.334 e. The molecule has 1 N–H and O–H groups in total. The highest BCUT2D eigenvalue weighted by Crippen LogP contribution is 2.44. The number of hydrogen-bond acceptors (Lipinski definition) is 6. The average molecular weight is 348 g/mol. The largest absolute Gasteiger partial charge is 0.461 e. The number of fused-ring (bicyclic) bond motifs is 3. The van der Waals surface area contributed by atoms with Crippen LogP contribution in [-0.2, 0) is 23.8 Å². The van der Waals surface area contributed by atoms with E-state index in [9.17, 15) is 14.7 Å². The minimum atomic E-state index is -1.56. The zero-order chi connectivity index (χ0) is 18.6. The fourth-order valence-corrected chi connectivity index (χ4v) is 3.51. The fraction of sp³-hybridized carbons (Fsp3) is 0.579. The van der Waals surface area contributed by atoms with Gasteiger partial charge in [-0.05, 0) is 31.6 Å². The van der Waals surface area contributed by atoms with Crippen LogP contribution in [0.1, 0.15) is 34.1 Å². The molecule has 25 heavy (non-hydrogen) atoms. The second-order valence-electron chi connectivity index (χ2n) is 7.55. The van der Waals surface area contributed by atoms with Crippen molar-refractivity contribution in [2.24, 2.45) is 11.8 Å². The first-order valence-electron chi connectivity index (χ1n) is 8.47. The van der Waals surface area contributed by atoms with Gasteiger partial charge in [0.1, 0.15) is 12.2 Å². The Morgan fingerprint density at radius 3 is 2.76 bits per heavy atom. The van der Waals surface area contributed by atoms with E-state index in [0.717, 1.165) is 0 Å². The summed E-state index contributed by atoms with van der Waals surface area (Å²) in [7, 11) is 0. The molecule has 0 aromatic heterocycles. The molecule has 0 amide bonds. The number of carbonyl (C=O) groups is 2. The lowest BCUT2D eigenvalue weighted by Gasteiger charge is -2.33. The zero-order valence-electron chi connectivity index (χ0n) is 14.9. The second kappa shape index (κ2) is 5.81. The number of rotatable bonds is 2. The van der Waals surface area contributed by atoms with Crippen LogP contribution in [0.5, 0.6) is 0 Å². The maximum Gasteiger partial charge on any atom is 0.334 e. The van der Waals surface area contributed by atoms with Crippen molar-refractivity contribution < 1.29 is 28.9 Å². The summed E-state index contributed by atoms with van der Waals surface area (Å²) in [6.45, 7) is 10.9. The molecule has 2 bridgehead atoms. The minimum Gasteiger partial charge on any atom is -0.461 e. The molecule has 0 aromatic rings. The summed E-state index contributed by atoms with van der Waals surface area (Å²) in [5.41, 5.74) is -0.0548. The topological polar surface area (TPSA) is 82.1 Å². The third-order valence-electron chi connectivity index (χ3n) is 5.04. The molecular weight excluding hydrogens is 324 g/mol. The number of aliphatic hydroxyl groups is 1. The van der Waals surface area contributed by atoms with E-state index in [4.69, 9.17) is 14.2 Å². The molecule has 6 heteroatoms. The summed E-state index contributed by atoms with van der Waals surface area (Å²) >= 11 is 0. The average Bonchev–Trinajstić information content (AvgIpc) is 2.97. The van der Waals surface area contributed by atoms with Gasteiger partial charge >= 0.3 is 11.9 Å². The predicted molar refractivity (Wildman–Crippen MR) is 89.2 cm³/mol. The first-order chi connectivity index (χ1) is 11.5. The number of hydrogen-bond donors (Lipinski definition) is 1. The number of esters is 2. The molecule has 0 saturated carbocycles. The van der Waals surface area contributed by atoms with Crippen molar-refractivity contribution >= 4 is 11.9 Å². The summed E-state index contributed by atoms with van der Waals surface area (Å²) < 4.78 is 17.0. The molecule has 0 radical (unpaired) electrons. The van der Waals surface area contributed by atoms with Gasteiger partial charge in [-0.15, -0.1) is 0 Å². The SMILES string of the molecule is C=C1C(=O)OC2C=C(C)C3(O)C=CC(C)(CC(OC(=O)C(C)C)C12)O3. The summed E-state index contributed by atoms with van der Waals surface area (Å²) in [6, 6.07) is 0. The Labute approximate surface area is 147 Å². The normalized spacial score (nSPS) is 40.1. The van der Waals surface area contributed by atoms with Crippen LogP contribution >= 0.6 is 0 Å². The van der Waals surface area contributed by atoms with E-state index in [1.807, 2.05) is 6.92 Å². The van der Waals surface area contributed by atoms with Crippen LogP contribution in [0.25, 0.3) is 0 Å². The van der Waals surface area contributed by atoms with Crippen LogP contribution in [0.4, 0.5) is 0 Å². The maximum absolute atomic E-state index is 12.2. The van der Waals surface area contributed by atoms with Gasteiger partial charge in [-0.1, -0.05) is 26.5 Å². The molecule has 3 aliphatic rings. The van der Waals surface area contributed by atoms with Crippen LogP contribution in [0.3, 0.4) is 0 Å². The highest BCUT2D eigenvalue weighted by molar-refractivity contribution is 5.91. The van der Waals surface area contributed by atoms with Gasteiger partial charge in [0.05, 0.1) is 17.4 Å². The minimum absolute atomic E-state index is 0.271. The van der Waals surface area contributed by atoms with Gasteiger partial charge in [0.15, 0.2) is 0 Å². The molecule has 0 spiro atoms. The number of ether oxygens (including phenoxy) is 3. The van der Waals surface area contributed by atoms with Crippen LogP contribution in [0.15, 0.2) is 36.0 Å². The Balaban J connectivity index is 2.04. The molecule has 3 heterocycles. The molecular formula is C19H24O6. The number of carbonyl (C=O) groups excluding carboxylic acids is 2. The van der Waals surface area contributed by atoms with Crippen LogP contribution in [0.2, 0.25) is 0 Å². The lowest BCUT2D eigenvalue weighted by molar-refractivity contribution is -0.190. The predicted octanol–water partition coefficient (Wildman–Crippen LogP) is 2.04. The Hall–Kier alpha value is -1.92. The van der Waals surface area contributed by atoms with Crippen molar-refractivity contribution in [3.05, 3.63) is 36.0 Å². The molecule has 0 aromatic carbocycles. The first-order valence-corrected chi connectivity index (χ1v) is 8.47. The van der Waals surface area contributed by atoms with Crippen molar-refractivity contribution in [2.75, 3.05) is 0 Å². The quantitative estimate of drug-likeness (QED) is 0.467. The van der Waals surface area contributed by atoms with Crippen LogP contribution < -0.4 is 0 Å². The van der Waals surface area contributed by atoms with Crippen molar-refractivity contribution in [2.45, 2.75) is 57.7 Å². The van der Waals surface area contributed by atoms with Crippen LogP contribution in [-0.4, -0.2) is 40.6 Å². The lowest BCUT2D eigenvalue weighted by atomic mass is 9.83. The second-order valence-corrected chi connectivity index (χ2v) is 7.55. The van der Waals surface area contributed by atoms with Crippen molar-refractivity contribution in [3.63, 3.8) is 0 Å². The molecule has 5 atom stereocenters. The standard InChI is InChI=1S/C19H24O6/c1-10(2)16(20)24-14-9-18(5)6-7-19(22,25-18)11(3)8-13-15(14)12(4)17(21)23-13/h6-8,10,13-15,22H,4,9H2,1-3,5H3. The molecule has 5 unspecified atom stereocenters. The third kappa shape index (κ3) is 3.04. The van der Waals surface area contributed by atoms with Gasteiger partial charge < -0.3 is 19.3 Å². The van der Waals surface area contributed by atoms with E-state index in [1.165, 1.54) is 0 Å². The van der Waals surface area contributed by atoms with Crippen molar-refractivity contribution in [3.8, 4) is 0 Å². The van der Waals surface area contributed by atoms with Crippen molar-refractivity contribution in [1.29, 1.82) is 0 Å². The first kappa shape index (κ1) is 17.9. The summed E-state index contributed by atoms with van der Waals surface area (Å²) in [6.07, 6.45) is 3.96. The van der Waals surface area contributed by atoms with E-state index in [0.29, 0.717) is 5.57 Å². The Bertz CT molecular complexity index is 690. The molecule has 1 fully saturated rings. The van der Waals surface area contributed by atoms with E-state index >= 15 is 0 Å². The Morgan fingerprint density at radius 2 is 2.12 bits per heavy atom. The van der Waals surface area contributed by atoms with Crippen molar-refractivity contribution in [1.82, 2.24) is 0 Å². The van der Waals surface area contributed by atoms with Gasteiger partial charge in [-0.25, -0.2) is 4.79 Å². The van der Waals surface area contributed by atoms with E-state index < -0.39 is 35.5 Å². The zero-order valence-corrected chi connectivity index (χ0v) is 14.9. The van der Waals surface area contributed by atoms with Crippen LogP contribution in [0, 0.1) is 11.8 Å². The van der Waals surface area contributed by atoms with Gasteiger partial charge in [-0.2, -0.15) is 0 Å². The lowest BCUT2D eigenvalue weighted by Crippen LogP contribution is -2.41. The third-order valence-corrected chi connectivity index (χ3v) is 5.04. The molecule has 3 rings (SSSR count). The van der Waals surface area contributed by atoms with E-state index in [2.05, 4.69) is 6.58 Å². The Kier molecular flexibility index (Phi) is 4.16. The maximum atomic E-state index is 12.2. The summed E-state index contributed by atoms with van der Waals surface area (Å²) in [5, 5.41) is 10.7. The monoisotopic (exact) mass is 348 g/mol. The fourth-order valence-electron chi connectivity index (χ4n) is 3.51. The van der Waals surface area contributed by atoms with Gasteiger partial charge in [0.2, 0.25) is 5.79 Å². The summed E-state index contributed by atoms with van der Waals surface area (Å²) in [4.78, 5) is 24.3. The summed E-state index contributed by atoms with van der Waals surface area (Å²) in [5.74, 6) is -3.26. The molecule has 1 saturated heterocycles. The van der Waals surface area contributed by atoms with E-state index in [-0.39, 0.29) is 23.9 Å². The van der Waals surface area contributed by atoms with Gasteiger partial charge in [-0.3, -0.25) is 4.79 Å². The highest BCUT2D eigenvalue weighted by atomic mass is 16.6. The molecule has 136 valence electrons. The molecule has 0 aliphatic carbocycles. The van der Waals surface area contributed by atoms with E-state index in [1.54, 1.807) is 39.0 Å². The molecule has 6 nitrogen and oxygen atoms in total. The highest BCUT2D eigenvalue weighted by Gasteiger charge is 2.52. The van der Waals surface area contributed by atoms with Gasteiger partial charge in [0, 0.05) is 12.0 Å². The molecule has 3 aliphatic heterocycles. The van der Waals surface area contributed by atoms with Gasteiger partial charge in [0.25, 0.3) is 0 Å². The Morgan fingerprint density at radius 1 is 1.44 bits per heavy atom.